The number of allylic oxidation sites excluding steroid dienone is 2. The van der Waals surface area contributed by atoms with Crippen LogP contribution in [-0.4, -0.2) is 25.2 Å². The van der Waals surface area contributed by atoms with Gasteiger partial charge >= 0.3 is 11.9 Å². The van der Waals surface area contributed by atoms with E-state index in [1.165, 1.54) is 5.57 Å². The van der Waals surface area contributed by atoms with Gasteiger partial charge in [-0.1, -0.05) is 11.6 Å². The first-order valence-electron chi connectivity index (χ1n) is 6.07. The topological polar surface area (TPSA) is 52.6 Å². The summed E-state index contributed by atoms with van der Waals surface area (Å²) in [5.74, 6) is -1.01. The van der Waals surface area contributed by atoms with E-state index in [9.17, 15) is 9.59 Å². The fraction of sp³-hybridized carbons (Fsp3) is 0.692. The van der Waals surface area contributed by atoms with Gasteiger partial charge in [-0.3, -0.25) is 9.59 Å². The molecule has 0 atom stereocenters. The summed E-state index contributed by atoms with van der Waals surface area (Å²) >= 11 is 0. The van der Waals surface area contributed by atoms with Crippen molar-refractivity contribution in [2.45, 2.75) is 40.0 Å². The van der Waals surface area contributed by atoms with Gasteiger partial charge in [0, 0.05) is 0 Å². The fourth-order valence-corrected chi connectivity index (χ4v) is 1.46. The third-order valence-corrected chi connectivity index (χ3v) is 2.79. The zero-order chi connectivity index (χ0) is 12.9. The summed E-state index contributed by atoms with van der Waals surface area (Å²) in [6, 6.07) is 0. The molecule has 1 rings (SSSR count). The second kappa shape index (κ2) is 5.84. The molecule has 0 amide bonds. The van der Waals surface area contributed by atoms with Gasteiger partial charge in [-0.05, 0) is 40.0 Å². The first kappa shape index (κ1) is 13.7. The maximum Gasteiger partial charge on any atom is 0.323 e. The molecule has 0 N–H and O–H groups in total. The molecule has 0 heterocycles. The van der Waals surface area contributed by atoms with E-state index in [4.69, 9.17) is 9.47 Å². The minimum absolute atomic E-state index is 0.268. The predicted molar refractivity (Wildman–Crippen MR) is 63.3 cm³/mol. The van der Waals surface area contributed by atoms with Crippen LogP contribution in [0.4, 0.5) is 0 Å². The van der Waals surface area contributed by atoms with Crippen molar-refractivity contribution in [2.75, 3.05) is 13.2 Å². The summed E-state index contributed by atoms with van der Waals surface area (Å²) in [6.45, 7) is 5.57. The van der Waals surface area contributed by atoms with Gasteiger partial charge in [-0.2, -0.15) is 0 Å². The van der Waals surface area contributed by atoms with Crippen LogP contribution in [0.15, 0.2) is 11.6 Å². The highest BCUT2D eigenvalue weighted by Crippen LogP contribution is 2.33. The standard InChI is InChI=1S/C13H20O4/c1-4-16-11(14)13(3,12(15)17-5-2)9-8-10-6-7-10/h8H,4-7,9H2,1-3H3. The molecule has 0 unspecified atom stereocenters. The first-order chi connectivity index (χ1) is 8.04. The van der Waals surface area contributed by atoms with Crippen molar-refractivity contribution >= 4 is 11.9 Å². The molecule has 0 aromatic heterocycles. The summed E-state index contributed by atoms with van der Waals surface area (Å²) in [7, 11) is 0. The van der Waals surface area contributed by atoms with Crippen molar-refractivity contribution in [2.24, 2.45) is 5.41 Å². The lowest BCUT2D eigenvalue weighted by Gasteiger charge is -2.23. The Kier molecular flexibility index (Phi) is 4.73. The number of carbonyl (C=O) groups excluding carboxylic acids is 2. The molecule has 0 radical (unpaired) electrons. The summed E-state index contributed by atoms with van der Waals surface area (Å²) in [6.07, 6.45) is 4.46. The zero-order valence-corrected chi connectivity index (χ0v) is 10.7. The molecule has 1 fully saturated rings. The van der Waals surface area contributed by atoms with Gasteiger partial charge in [0.1, 0.15) is 0 Å². The predicted octanol–water partition coefficient (Wildman–Crippen LogP) is 2.23. The van der Waals surface area contributed by atoms with Crippen molar-refractivity contribution < 1.29 is 19.1 Å². The Hall–Kier alpha value is -1.32. The molecular formula is C13H20O4. The number of carbonyl (C=O) groups is 2. The van der Waals surface area contributed by atoms with E-state index in [0.717, 1.165) is 12.8 Å². The monoisotopic (exact) mass is 240 g/mol. The molecule has 96 valence electrons. The van der Waals surface area contributed by atoms with Gasteiger partial charge in [-0.15, -0.1) is 0 Å². The maximum absolute atomic E-state index is 11.9. The Morgan fingerprint density at radius 2 is 1.65 bits per heavy atom. The molecule has 0 aromatic carbocycles. The van der Waals surface area contributed by atoms with Crippen molar-refractivity contribution in [3.63, 3.8) is 0 Å². The Balaban J connectivity index is 2.77. The second-order valence-corrected chi connectivity index (χ2v) is 4.34. The number of hydrogen-bond donors (Lipinski definition) is 0. The van der Waals surface area contributed by atoms with Crippen LogP contribution >= 0.6 is 0 Å². The van der Waals surface area contributed by atoms with Crippen LogP contribution in [0.3, 0.4) is 0 Å². The van der Waals surface area contributed by atoms with Crippen LogP contribution in [0.5, 0.6) is 0 Å². The first-order valence-corrected chi connectivity index (χ1v) is 6.07. The summed E-state index contributed by atoms with van der Waals surface area (Å²) in [4.78, 5) is 23.7. The van der Waals surface area contributed by atoms with E-state index >= 15 is 0 Å². The fourth-order valence-electron chi connectivity index (χ4n) is 1.46. The number of hydrogen-bond acceptors (Lipinski definition) is 4. The van der Waals surface area contributed by atoms with Crippen molar-refractivity contribution in [3.05, 3.63) is 11.6 Å². The van der Waals surface area contributed by atoms with E-state index in [-0.39, 0.29) is 13.2 Å². The smallest absolute Gasteiger partial charge is 0.323 e. The summed E-state index contributed by atoms with van der Waals surface area (Å²) in [5, 5.41) is 0. The molecule has 4 nitrogen and oxygen atoms in total. The van der Waals surface area contributed by atoms with Gasteiger partial charge in [0.25, 0.3) is 0 Å². The molecule has 4 heteroatoms. The molecule has 1 aliphatic carbocycles. The summed E-state index contributed by atoms with van der Waals surface area (Å²) < 4.78 is 9.92. The SMILES string of the molecule is CCOC(=O)C(C)(CC=C1CC1)C(=O)OCC. The highest BCUT2D eigenvalue weighted by Gasteiger charge is 2.43. The van der Waals surface area contributed by atoms with E-state index in [1.54, 1.807) is 20.8 Å². The Morgan fingerprint density at radius 3 is 2.00 bits per heavy atom. The molecule has 0 saturated heterocycles. The lowest BCUT2D eigenvalue weighted by atomic mass is 9.86. The second-order valence-electron chi connectivity index (χ2n) is 4.34. The maximum atomic E-state index is 11.9. The minimum Gasteiger partial charge on any atom is -0.465 e. The van der Waals surface area contributed by atoms with Crippen LogP contribution in [0, 0.1) is 5.41 Å². The Labute approximate surface area is 102 Å². The van der Waals surface area contributed by atoms with Gasteiger partial charge in [0.05, 0.1) is 13.2 Å². The molecular weight excluding hydrogens is 220 g/mol. The van der Waals surface area contributed by atoms with Crippen LogP contribution < -0.4 is 0 Å². The highest BCUT2D eigenvalue weighted by atomic mass is 16.6. The molecule has 0 spiro atoms. The third kappa shape index (κ3) is 3.58. The number of ether oxygens (including phenoxy) is 2. The largest absolute Gasteiger partial charge is 0.465 e. The molecule has 1 saturated carbocycles. The quantitative estimate of drug-likeness (QED) is 0.406. The van der Waals surface area contributed by atoms with E-state index in [1.807, 2.05) is 6.08 Å². The molecule has 0 bridgehead atoms. The van der Waals surface area contributed by atoms with Gasteiger partial charge in [0.15, 0.2) is 5.41 Å². The van der Waals surface area contributed by atoms with Crippen LogP contribution in [0.25, 0.3) is 0 Å². The van der Waals surface area contributed by atoms with E-state index < -0.39 is 17.4 Å². The average molecular weight is 240 g/mol. The molecule has 0 aliphatic heterocycles. The lowest BCUT2D eigenvalue weighted by molar-refractivity contribution is -0.170. The number of esters is 2. The molecule has 0 aromatic rings. The van der Waals surface area contributed by atoms with E-state index in [0.29, 0.717) is 6.42 Å². The van der Waals surface area contributed by atoms with Crippen molar-refractivity contribution in [1.82, 2.24) is 0 Å². The van der Waals surface area contributed by atoms with Crippen molar-refractivity contribution in [1.29, 1.82) is 0 Å². The third-order valence-electron chi connectivity index (χ3n) is 2.79. The average Bonchev–Trinajstić information content (AvgIpc) is 3.10. The molecule has 1 aliphatic rings. The van der Waals surface area contributed by atoms with Crippen molar-refractivity contribution in [3.8, 4) is 0 Å². The Bertz CT molecular complexity index is 306. The number of rotatable bonds is 6. The van der Waals surface area contributed by atoms with Crippen LogP contribution in [-0.2, 0) is 19.1 Å². The van der Waals surface area contributed by atoms with Gasteiger partial charge in [0.2, 0.25) is 0 Å². The van der Waals surface area contributed by atoms with E-state index in [2.05, 4.69) is 0 Å². The molecule has 17 heavy (non-hydrogen) atoms. The Morgan fingerprint density at radius 1 is 1.18 bits per heavy atom. The van der Waals surface area contributed by atoms with Gasteiger partial charge in [-0.25, -0.2) is 0 Å². The highest BCUT2D eigenvalue weighted by molar-refractivity contribution is 5.99. The zero-order valence-electron chi connectivity index (χ0n) is 10.7. The van der Waals surface area contributed by atoms with Crippen LogP contribution in [0.1, 0.15) is 40.0 Å². The minimum atomic E-state index is -1.21. The normalized spacial score (nSPS) is 14.2. The summed E-state index contributed by atoms with van der Waals surface area (Å²) in [5.41, 5.74) is 0.0894. The van der Waals surface area contributed by atoms with Gasteiger partial charge < -0.3 is 9.47 Å². The lowest BCUT2D eigenvalue weighted by Crippen LogP contribution is -2.39. The van der Waals surface area contributed by atoms with Crippen LogP contribution in [0.2, 0.25) is 0 Å².